The largest absolute Gasteiger partial charge is 0.504 e. The van der Waals surface area contributed by atoms with Crippen LogP contribution >= 0.6 is 12.4 Å². The van der Waals surface area contributed by atoms with Gasteiger partial charge >= 0.3 is 0 Å². The van der Waals surface area contributed by atoms with Crippen LogP contribution in [0.4, 0.5) is 0 Å². The number of hydrogen-bond acceptors (Lipinski definition) is 3. The monoisotopic (exact) mass is 229 g/mol. The van der Waals surface area contributed by atoms with Crippen molar-refractivity contribution in [3.05, 3.63) is 36.4 Å². The van der Waals surface area contributed by atoms with Crippen LogP contribution in [0.25, 0.3) is 0 Å². The number of ether oxygens (including phenoxy) is 1. The number of benzene rings is 1. The average Bonchev–Trinajstić information content (AvgIpc) is 2.20. The molecule has 1 rings (SSSR count). The van der Waals surface area contributed by atoms with E-state index in [4.69, 9.17) is 10.5 Å². The van der Waals surface area contributed by atoms with Crippen molar-refractivity contribution in [3.63, 3.8) is 0 Å². The molecule has 0 aromatic heterocycles. The predicted octanol–water partition coefficient (Wildman–Crippen LogP) is 2.40. The number of phenols is 1. The first-order valence-electron chi connectivity index (χ1n) is 4.53. The van der Waals surface area contributed by atoms with E-state index in [1.807, 2.05) is 6.92 Å². The fourth-order valence-corrected chi connectivity index (χ4v) is 1.21. The number of rotatable bonds is 4. The Morgan fingerprint density at radius 2 is 2.27 bits per heavy atom. The minimum atomic E-state index is -0.365. The van der Waals surface area contributed by atoms with E-state index < -0.39 is 0 Å². The van der Waals surface area contributed by atoms with Crippen molar-refractivity contribution < 1.29 is 9.84 Å². The van der Waals surface area contributed by atoms with Crippen LogP contribution in [-0.4, -0.2) is 11.7 Å². The first kappa shape index (κ1) is 13.8. The van der Waals surface area contributed by atoms with Crippen LogP contribution in [0.15, 0.2) is 30.9 Å². The highest BCUT2D eigenvalue weighted by Crippen LogP contribution is 2.32. The van der Waals surface area contributed by atoms with E-state index in [0.717, 1.165) is 0 Å². The topological polar surface area (TPSA) is 55.5 Å². The van der Waals surface area contributed by atoms with Gasteiger partial charge in [-0.25, -0.2) is 0 Å². The molecule has 84 valence electrons. The van der Waals surface area contributed by atoms with Gasteiger partial charge < -0.3 is 15.6 Å². The Kier molecular flexibility index (Phi) is 5.82. The van der Waals surface area contributed by atoms with Gasteiger partial charge in [-0.05, 0) is 13.0 Å². The maximum Gasteiger partial charge on any atom is 0.162 e. The van der Waals surface area contributed by atoms with Crippen molar-refractivity contribution in [1.82, 2.24) is 0 Å². The summed E-state index contributed by atoms with van der Waals surface area (Å²) >= 11 is 0. The Morgan fingerprint density at radius 1 is 1.60 bits per heavy atom. The molecule has 1 aromatic rings. The highest BCUT2D eigenvalue weighted by Gasteiger charge is 2.11. The lowest BCUT2D eigenvalue weighted by Gasteiger charge is -2.12. The second-order valence-electron chi connectivity index (χ2n) is 2.89. The standard InChI is InChI=1S/C11H15NO2.ClH/c1-3-9(12)8-6-5-7-10(11(8)13)14-4-2;/h3,5-7,9,13H,1,4,12H2,2H3;1H/t9-;/m0./s1. The van der Waals surface area contributed by atoms with Crippen LogP contribution in [0.5, 0.6) is 11.5 Å². The maximum absolute atomic E-state index is 9.77. The molecule has 0 unspecified atom stereocenters. The summed E-state index contributed by atoms with van der Waals surface area (Å²) in [6, 6.07) is 4.89. The lowest BCUT2D eigenvalue weighted by molar-refractivity contribution is 0.316. The van der Waals surface area contributed by atoms with E-state index in [-0.39, 0.29) is 24.2 Å². The lowest BCUT2D eigenvalue weighted by Crippen LogP contribution is -2.07. The Bertz CT molecular complexity index is 328. The van der Waals surface area contributed by atoms with Gasteiger partial charge in [0, 0.05) is 5.56 Å². The predicted molar refractivity (Wildman–Crippen MR) is 63.6 cm³/mol. The molecule has 4 heteroatoms. The van der Waals surface area contributed by atoms with E-state index in [0.29, 0.717) is 17.9 Å². The third-order valence-electron chi connectivity index (χ3n) is 1.94. The normalized spacial score (nSPS) is 11.3. The third-order valence-corrected chi connectivity index (χ3v) is 1.94. The third kappa shape index (κ3) is 3.15. The summed E-state index contributed by atoms with van der Waals surface area (Å²) < 4.78 is 5.23. The molecule has 3 N–H and O–H groups in total. The molecule has 1 atom stereocenters. The number of para-hydroxylation sites is 1. The molecule has 0 aliphatic rings. The van der Waals surface area contributed by atoms with Gasteiger partial charge in [-0.15, -0.1) is 19.0 Å². The van der Waals surface area contributed by atoms with Gasteiger partial charge in [-0.3, -0.25) is 0 Å². The molecule has 0 saturated carbocycles. The van der Waals surface area contributed by atoms with Crippen LogP contribution in [0.3, 0.4) is 0 Å². The van der Waals surface area contributed by atoms with Gasteiger partial charge in [0.15, 0.2) is 11.5 Å². The van der Waals surface area contributed by atoms with E-state index in [1.165, 1.54) is 0 Å². The molecule has 0 bridgehead atoms. The van der Waals surface area contributed by atoms with E-state index in [1.54, 1.807) is 24.3 Å². The van der Waals surface area contributed by atoms with Crippen molar-refractivity contribution in [2.45, 2.75) is 13.0 Å². The Morgan fingerprint density at radius 3 is 2.80 bits per heavy atom. The van der Waals surface area contributed by atoms with Gasteiger partial charge in [-0.2, -0.15) is 0 Å². The molecule has 0 fully saturated rings. The molecular weight excluding hydrogens is 214 g/mol. The van der Waals surface area contributed by atoms with Gasteiger partial charge in [0.2, 0.25) is 0 Å². The molecule has 0 aliphatic carbocycles. The molecule has 0 aliphatic heterocycles. The van der Waals surface area contributed by atoms with Crippen LogP contribution in [0.1, 0.15) is 18.5 Å². The average molecular weight is 230 g/mol. The van der Waals surface area contributed by atoms with Crippen LogP contribution < -0.4 is 10.5 Å². The molecule has 1 aromatic carbocycles. The van der Waals surface area contributed by atoms with Crippen molar-refractivity contribution in [2.24, 2.45) is 5.73 Å². The summed E-state index contributed by atoms with van der Waals surface area (Å²) in [6.45, 7) is 5.95. The highest BCUT2D eigenvalue weighted by molar-refractivity contribution is 5.85. The van der Waals surface area contributed by atoms with E-state index in [9.17, 15) is 5.11 Å². The zero-order chi connectivity index (χ0) is 10.6. The summed E-state index contributed by atoms with van der Waals surface area (Å²) in [7, 11) is 0. The SMILES string of the molecule is C=C[C@H](N)c1cccc(OCC)c1O.Cl. The molecule has 0 amide bonds. The number of halogens is 1. The molecule has 15 heavy (non-hydrogen) atoms. The number of aromatic hydroxyl groups is 1. The number of nitrogens with two attached hydrogens (primary N) is 1. The van der Waals surface area contributed by atoms with Gasteiger partial charge in [0.25, 0.3) is 0 Å². The molecule has 0 saturated heterocycles. The van der Waals surface area contributed by atoms with E-state index in [2.05, 4.69) is 6.58 Å². The van der Waals surface area contributed by atoms with E-state index >= 15 is 0 Å². The van der Waals surface area contributed by atoms with Gasteiger partial charge in [-0.1, -0.05) is 18.2 Å². The molecule has 3 nitrogen and oxygen atoms in total. The van der Waals surface area contributed by atoms with Gasteiger partial charge in [0.1, 0.15) is 0 Å². The van der Waals surface area contributed by atoms with Crippen molar-refractivity contribution in [3.8, 4) is 11.5 Å². The Hall–Kier alpha value is -1.19. The minimum Gasteiger partial charge on any atom is -0.504 e. The summed E-state index contributed by atoms with van der Waals surface area (Å²) in [6.07, 6.45) is 1.57. The summed E-state index contributed by atoms with van der Waals surface area (Å²) in [4.78, 5) is 0. The minimum absolute atomic E-state index is 0. The second kappa shape index (κ2) is 6.32. The zero-order valence-corrected chi connectivity index (χ0v) is 9.46. The van der Waals surface area contributed by atoms with Crippen molar-refractivity contribution >= 4 is 12.4 Å². The molecular formula is C11H16ClNO2. The summed E-state index contributed by atoms with van der Waals surface area (Å²) in [5.41, 5.74) is 6.36. The first-order valence-corrected chi connectivity index (χ1v) is 4.53. The highest BCUT2D eigenvalue weighted by atomic mass is 35.5. The summed E-state index contributed by atoms with van der Waals surface area (Å²) in [5, 5.41) is 9.77. The molecule has 0 radical (unpaired) electrons. The fraction of sp³-hybridized carbons (Fsp3) is 0.273. The smallest absolute Gasteiger partial charge is 0.162 e. The van der Waals surface area contributed by atoms with Crippen LogP contribution in [-0.2, 0) is 0 Å². The summed E-state index contributed by atoms with van der Waals surface area (Å²) in [5.74, 6) is 0.559. The maximum atomic E-state index is 9.77. The number of phenolic OH excluding ortho intramolecular Hbond substituents is 1. The number of hydrogen-bond donors (Lipinski definition) is 2. The first-order chi connectivity index (χ1) is 6.70. The Labute approximate surface area is 96.0 Å². The Balaban J connectivity index is 0.00000196. The molecule has 0 spiro atoms. The van der Waals surface area contributed by atoms with Crippen molar-refractivity contribution in [1.29, 1.82) is 0 Å². The van der Waals surface area contributed by atoms with Crippen molar-refractivity contribution in [2.75, 3.05) is 6.61 Å². The fourth-order valence-electron chi connectivity index (χ4n) is 1.21. The quantitative estimate of drug-likeness (QED) is 0.780. The lowest BCUT2D eigenvalue weighted by atomic mass is 10.1. The molecule has 0 heterocycles. The van der Waals surface area contributed by atoms with Crippen LogP contribution in [0, 0.1) is 0 Å². The second-order valence-corrected chi connectivity index (χ2v) is 2.89. The van der Waals surface area contributed by atoms with Crippen LogP contribution in [0.2, 0.25) is 0 Å². The zero-order valence-electron chi connectivity index (χ0n) is 8.64. The van der Waals surface area contributed by atoms with Gasteiger partial charge in [0.05, 0.1) is 12.6 Å².